The van der Waals surface area contributed by atoms with Crippen molar-refractivity contribution in [1.29, 1.82) is 0 Å². The Bertz CT molecular complexity index is 1170. The number of carbonyl (C=O) groups excluding carboxylic acids is 1. The first-order valence-corrected chi connectivity index (χ1v) is 11.2. The van der Waals surface area contributed by atoms with Crippen molar-refractivity contribution in [2.24, 2.45) is 5.92 Å². The summed E-state index contributed by atoms with van der Waals surface area (Å²) in [7, 11) is -4.16. The van der Waals surface area contributed by atoms with Gasteiger partial charge in [0.15, 0.2) is 4.90 Å². The van der Waals surface area contributed by atoms with Crippen LogP contribution in [0, 0.1) is 19.8 Å². The topological polar surface area (TPSA) is 132 Å². The van der Waals surface area contributed by atoms with Gasteiger partial charge in [0.2, 0.25) is 15.9 Å². The lowest BCUT2D eigenvalue weighted by atomic mass is 9.98. The predicted molar refractivity (Wildman–Crippen MR) is 111 cm³/mol. The molecule has 0 saturated carbocycles. The van der Waals surface area contributed by atoms with Crippen LogP contribution in [0.3, 0.4) is 0 Å². The third-order valence-electron chi connectivity index (χ3n) is 4.85. The number of carbonyl (C=O) groups is 1. The van der Waals surface area contributed by atoms with E-state index < -0.39 is 32.1 Å². The number of rotatable bonds is 4. The minimum Gasteiger partial charge on any atom is -0.326 e. The fraction of sp³-hybridized carbons (Fsp3) is 0.389. The van der Waals surface area contributed by atoms with Crippen LogP contribution >= 0.6 is 15.9 Å². The molecule has 11 heteroatoms. The minimum absolute atomic E-state index is 0.0318. The molecule has 29 heavy (non-hydrogen) atoms. The predicted octanol–water partition coefficient (Wildman–Crippen LogP) is 1.48. The average Bonchev–Trinajstić information content (AvgIpc) is 2.63. The molecule has 1 aromatic heterocycles. The zero-order valence-corrected chi connectivity index (χ0v) is 18.3. The quantitative estimate of drug-likeness (QED) is 0.604. The summed E-state index contributed by atoms with van der Waals surface area (Å²) in [6.45, 7) is 3.41. The number of nitrogens with zero attached hydrogens (tertiary/aromatic N) is 1. The summed E-state index contributed by atoms with van der Waals surface area (Å²) in [5, 5.41) is 2.83. The molecule has 1 atom stereocenters. The number of benzene rings is 1. The molecule has 0 spiro atoms. The second-order valence-electron chi connectivity index (χ2n) is 7.02. The summed E-state index contributed by atoms with van der Waals surface area (Å²) in [5.74, 6) is -0.830. The Hall–Kier alpha value is -2.24. The van der Waals surface area contributed by atoms with Crippen LogP contribution in [-0.2, 0) is 14.8 Å². The first-order chi connectivity index (χ1) is 13.6. The first-order valence-electron chi connectivity index (χ1n) is 9.00. The lowest BCUT2D eigenvalue weighted by Crippen LogP contribution is -2.45. The number of aromatic nitrogens is 2. The summed E-state index contributed by atoms with van der Waals surface area (Å²) in [6, 6.07) is 5.41. The van der Waals surface area contributed by atoms with Gasteiger partial charge in [-0.3, -0.25) is 14.6 Å². The summed E-state index contributed by atoms with van der Waals surface area (Å²) in [5.41, 5.74) is -0.182. The molecule has 1 fully saturated rings. The summed E-state index contributed by atoms with van der Waals surface area (Å²) in [6.07, 6.45) is 1.02. The molecule has 0 radical (unpaired) electrons. The third-order valence-corrected chi connectivity index (χ3v) is 7.76. The second-order valence-corrected chi connectivity index (χ2v) is 9.75. The molecule has 1 aliphatic heterocycles. The van der Waals surface area contributed by atoms with E-state index >= 15 is 0 Å². The molecule has 3 rings (SSSR count). The Morgan fingerprint density at radius 2 is 1.97 bits per heavy atom. The van der Waals surface area contributed by atoms with Gasteiger partial charge in [0, 0.05) is 28.9 Å². The van der Waals surface area contributed by atoms with E-state index in [0.717, 1.165) is 14.3 Å². The van der Waals surface area contributed by atoms with E-state index in [2.05, 4.69) is 26.2 Å². The van der Waals surface area contributed by atoms with Crippen molar-refractivity contribution < 1.29 is 13.2 Å². The van der Waals surface area contributed by atoms with Gasteiger partial charge in [-0.15, -0.1) is 0 Å². The number of aromatic amines is 2. The van der Waals surface area contributed by atoms with Crippen LogP contribution in [0.25, 0.3) is 0 Å². The maximum Gasteiger partial charge on any atom is 0.325 e. The van der Waals surface area contributed by atoms with Crippen LogP contribution < -0.4 is 16.6 Å². The average molecular weight is 485 g/mol. The molecular formula is C18H21BrN4O5S. The van der Waals surface area contributed by atoms with Crippen LogP contribution in [0.1, 0.15) is 24.1 Å². The van der Waals surface area contributed by atoms with Crippen LogP contribution in [0.15, 0.2) is 37.2 Å². The van der Waals surface area contributed by atoms with E-state index in [-0.39, 0.29) is 24.7 Å². The molecule has 1 saturated heterocycles. The number of hydrogen-bond acceptors (Lipinski definition) is 5. The highest BCUT2D eigenvalue weighted by Gasteiger charge is 2.35. The smallest absolute Gasteiger partial charge is 0.325 e. The van der Waals surface area contributed by atoms with Gasteiger partial charge >= 0.3 is 5.69 Å². The highest BCUT2D eigenvalue weighted by Crippen LogP contribution is 2.25. The highest BCUT2D eigenvalue weighted by atomic mass is 79.9. The van der Waals surface area contributed by atoms with E-state index in [0.29, 0.717) is 18.5 Å². The zero-order chi connectivity index (χ0) is 21.3. The van der Waals surface area contributed by atoms with Gasteiger partial charge in [-0.2, -0.15) is 4.31 Å². The maximum atomic E-state index is 13.0. The van der Waals surface area contributed by atoms with Crippen molar-refractivity contribution in [3.05, 3.63) is 54.8 Å². The molecule has 1 aromatic carbocycles. The van der Waals surface area contributed by atoms with E-state index in [9.17, 15) is 22.8 Å². The fourth-order valence-corrected chi connectivity index (χ4v) is 5.34. The largest absolute Gasteiger partial charge is 0.326 e. The van der Waals surface area contributed by atoms with Crippen LogP contribution in [0.4, 0.5) is 5.69 Å². The van der Waals surface area contributed by atoms with Crippen LogP contribution in [0.2, 0.25) is 0 Å². The fourth-order valence-electron chi connectivity index (χ4n) is 3.37. The number of H-pyrrole nitrogens is 2. The number of halogens is 1. The monoisotopic (exact) mass is 484 g/mol. The number of hydrogen-bond donors (Lipinski definition) is 3. The highest BCUT2D eigenvalue weighted by molar-refractivity contribution is 9.10. The van der Waals surface area contributed by atoms with Gasteiger partial charge in [-0.1, -0.05) is 15.9 Å². The Balaban J connectivity index is 1.81. The van der Waals surface area contributed by atoms with Gasteiger partial charge in [0.25, 0.3) is 5.56 Å². The number of aryl methyl sites for hydroxylation is 2. The molecule has 0 unspecified atom stereocenters. The Morgan fingerprint density at radius 1 is 1.24 bits per heavy atom. The third kappa shape index (κ3) is 4.51. The van der Waals surface area contributed by atoms with Gasteiger partial charge in [0.1, 0.15) is 0 Å². The van der Waals surface area contributed by atoms with E-state index in [4.69, 9.17) is 0 Å². The molecule has 0 bridgehead atoms. The lowest BCUT2D eigenvalue weighted by molar-refractivity contribution is -0.120. The normalized spacial score (nSPS) is 17.8. The molecule has 2 aromatic rings. The molecule has 0 aliphatic carbocycles. The number of piperidine rings is 1. The number of nitrogens with one attached hydrogen (secondary N) is 3. The van der Waals surface area contributed by atoms with E-state index in [1.54, 1.807) is 6.07 Å². The van der Waals surface area contributed by atoms with Crippen molar-refractivity contribution in [3.63, 3.8) is 0 Å². The molecular weight excluding hydrogens is 464 g/mol. The minimum atomic E-state index is -4.16. The Labute approximate surface area is 175 Å². The van der Waals surface area contributed by atoms with Crippen molar-refractivity contribution >= 4 is 37.5 Å². The first kappa shape index (κ1) is 21.5. The molecule has 1 amide bonds. The number of sulfonamides is 1. The zero-order valence-electron chi connectivity index (χ0n) is 15.9. The second kappa shape index (κ2) is 8.25. The van der Waals surface area contributed by atoms with Crippen LogP contribution in [0.5, 0.6) is 0 Å². The molecule has 156 valence electrons. The number of anilines is 1. The van der Waals surface area contributed by atoms with Gasteiger partial charge in [0.05, 0.1) is 5.92 Å². The van der Waals surface area contributed by atoms with Gasteiger partial charge in [-0.25, -0.2) is 13.2 Å². The molecule has 2 heterocycles. The summed E-state index contributed by atoms with van der Waals surface area (Å²) >= 11 is 3.40. The maximum absolute atomic E-state index is 13.0. The summed E-state index contributed by atoms with van der Waals surface area (Å²) < 4.78 is 28.0. The van der Waals surface area contributed by atoms with Gasteiger partial charge < -0.3 is 10.3 Å². The van der Waals surface area contributed by atoms with Gasteiger partial charge in [-0.05, 0) is 50.5 Å². The van der Waals surface area contributed by atoms with E-state index in [1.165, 1.54) is 6.92 Å². The van der Waals surface area contributed by atoms with E-state index in [1.807, 2.05) is 24.0 Å². The Morgan fingerprint density at radius 3 is 2.62 bits per heavy atom. The van der Waals surface area contributed by atoms with Crippen molar-refractivity contribution in [1.82, 2.24) is 14.3 Å². The summed E-state index contributed by atoms with van der Waals surface area (Å²) in [4.78, 5) is 39.9. The standard InChI is InChI=1S/C18H21BrN4O5S/c1-10-8-13(5-6-14(10)19)21-16(24)12-4-3-7-23(9-12)29(27,28)15-11(2)20-18(26)22-17(15)25/h5-6,8,12H,3-4,7,9H2,1-2H3,(H,21,24)(H2,20,22,25,26)/t12-/m1/s1. The SMILES string of the molecule is Cc1cc(NC(=O)[C@@H]2CCCN(S(=O)(=O)c3c(C)[nH]c(=O)[nH]c3=O)C2)ccc1Br. The molecule has 1 aliphatic rings. The lowest BCUT2D eigenvalue weighted by Gasteiger charge is -2.31. The van der Waals surface area contributed by atoms with Crippen molar-refractivity contribution in [2.75, 3.05) is 18.4 Å². The Kier molecular flexibility index (Phi) is 6.11. The molecule has 3 N–H and O–H groups in total. The molecule has 9 nitrogen and oxygen atoms in total. The van der Waals surface area contributed by atoms with Crippen molar-refractivity contribution in [2.45, 2.75) is 31.6 Å². The number of amides is 1. The van der Waals surface area contributed by atoms with Crippen LogP contribution in [-0.4, -0.2) is 41.7 Å². The van der Waals surface area contributed by atoms with Crippen molar-refractivity contribution in [3.8, 4) is 0 Å².